The van der Waals surface area contributed by atoms with E-state index in [1.54, 1.807) is 18.2 Å². The molecule has 0 spiro atoms. The van der Waals surface area contributed by atoms with E-state index in [1.807, 2.05) is 0 Å². The number of aliphatic imine (C=N–C) groups is 1. The Morgan fingerprint density at radius 3 is 2.77 bits per heavy atom. The third-order valence-corrected chi connectivity index (χ3v) is 3.36. The summed E-state index contributed by atoms with van der Waals surface area (Å²) in [5.74, 6) is 0. The van der Waals surface area contributed by atoms with Gasteiger partial charge in [-0.15, -0.1) is 12.6 Å². The zero-order valence-corrected chi connectivity index (χ0v) is 8.14. The number of thiol groups is 1. The van der Waals surface area contributed by atoms with E-state index in [2.05, 4.69) is 22.3 Å². The first-order chi connectivity index (χ1) is 6.09. The number of nitrogens with one attached hydrogen (secondary N) is 1. The van der Waals surface area contributed by atoms with Crippen molar-refractivity contribution in [2.24, 2.45) is 4.99 Å². The zero-order valence-electron chi connectivity index (χ0n) is 6.43. The molecule has 0 saturated carbocycles. The summed E-state index contributed by atoms with van der Waals surface area (Å²) < 4.78 is 25.1. The van der Waals surface area contributed by atoms with Gasteiger partial charge in [0, 0.05) is 0 Å². The molecule has 1 aromatic carbocycles. The van der Waals surface area contributed by atoms with Crippen molar-refractivity contribution >= 4 is 33.5 Å². The lowest BCUT2D eigenvalue weighted by Crippen LogP contribution is -2.29. The van der Waals surface area contributed by atoms with Crippen LogP contribution in [-0.2, 0) is 10.0 Å². The average molecular weight is 214 g/mol. The maximum atomic E-state index is 11.4. The molecule has 0 bridgehead atoms. The van der Waals surface area contributed by atoms with Crippen LogP contribution in [0.5, 0.6) is 0 Å². The molecule has 2 rings (SSSR count). The molecule has 6 heteroatoms. The number of amidine groups is 1. The molecule has 0 unspecified atom stereocenters. The van der Waals surface area contributed by atoms with E-state index < -0.39 is 10.0 Å². The smallest absolute Gasteiger partial charge is 0.258 e. The SMILES string of the molecule is O=S1(=O)NC(S)=Nc2ccccc21. The fourth-order valence-electron chi connectivity index (χ4n) is 1.09. The minimum atomic E-state index is -3.45. The first-order valence-corrected chi connectivity index (χ1v) is 5.42. The Kier molecular flexibility index (Phi) is 1.81. The maximum Gasteiger partial charge on any atom is 0.265 e. The largest absolute Gasteiger partial charge is 0.265 e. The molecule has 1 N–H and O–H groups in total. The number of hydrogen-bond donors (Lipinski definition) is 2. The van der Waals surface area contributed by atoms with Crippen molar-refractivity contribution in [3.8, 4) is 0 Å². The predicted octanol–water partition coefficient (Wildman–Crippen LogP) is 0.896. The Morgan fingerprint density at radius 2 is 2.00 bits per heavy atom. The topological polar surface area (TPSA) is 58.5 Å². The fraction of sp³-hybridized carbons (Fsp3) is 0. The molecule has 1 aliphatic rings. The van der Waals surface area contributed by atoms with Gasteiger partial charge in [-0.05, 0) is 12.1 Å². The second-order valence-electron chi connectivity index (χ2n) is 2.51. The number of sulfonamides is 1. The van der Waals surface area contributed by atoms with Crippen molar-refractivity contribution in [3.63, 3.8) is 0 Å². The fourth-order valence-corrected chi connectivity index (χ4v) is 2.60. The first kappa shape index (κ1) is 8.58. The van der Waals surface area contributed by atoms with Crippen LogP contribution in [0.15, 0.2) is 34.2 Å². The van der Waals surface area contributed by atoms with Gasteiger partial charge in [0.15, 0.2) is 5.17 Å². The summed E-state index contributed by atoms with van der Waals surface area (Å²) in [7, 11) is -3.45. The van der Waals surface area contributed by atoms with Gasteiger partial charge >= 0.3 is 0 Å². The molecular formula is C7H6N2O2S2. The summed E-state index contributed by atoms with van der Waals surface area (Å²) in [4.78, 5) is 4.12. The van der Waals surface area contributed by atoms with Crippen LogP contribution in [0, 0.1) is 0 Å². The van der Waals surface area contributed by atoms with Crippen LogP contribution in [0.1, 0.15) is 0 Å². The summed E-state index contributed by atoms with van der Waals surface area (Å²) in [6.07, 6.45) is 0. The normalized spacial score (nSPS) is 18.4. The Hall–Kier alpha value is -1.01. The number of nitrogens with zero attached hydrogens (tertiary/aromatic N) is 1. The number of hydrogen-bond acceptors (Lipinski definition) is 3. The van der Waals surface area contributed by atoms with E-state index in [1.165, 1.54) is 6.07 Å². The van der Waals surface area contributed by atoms with Gasteiger partial charge in [-0.25, -0.2) is 13.4 Å². The van der Waals surface area contributed by atoms with Gasteiger partial charge in [-0.3, -0.25) is 4.72 Å². The molecule has 1 aromatic rings. The van der Waals surface area contributed by atoms with Crippen molar-refractivity contribution in [2.75, 3.05) is 0 Å². The second-order valence-corrected chi connectivity index (χ2v) is 4.58. The number of para-hydroxylation sites is 1. The predicted molar refractivity (Wildman–Crippen MR) is 52.8 cm³/mol. The molecule has 1 aliphatic heterocycles. The highest BCUT2D eigenvalue weighted by Gasteiger charge is 2.22. The number of benzene rings is 1. The Morgan fingerprint density at radius 1 is 1.31 bits per heavy atom. The zero-order chi connectivity index (χ0) is 9.47. The molecule has 0 atom stereocenters. The van der Waals surface area contributed by atoms with E-state index in [4.69, 9.17) is 0 Å². The highest BCUT2D eigenvalue weighted by molar-refractivity contribution is 8.00. The van der Waals surface area contributed by atoms with Crippen LogP contribution in [0.25, 0.3) is 0 Å². The number of rotatable bonds is 0. The van der Waals surface area contributed by atoms with Gasteiger partial charge in [-0.1, -0.05) is 12.1 Å². The molecule has 4 nitrogen and oxygen atoms in total. The van der Waals surface area contributed by atoms with Crippen molar-refractivity contribution in [1.29, 1.82) is 0 Å². The van der Waals surface area contributed by atoms with E-state index in [0.29, 0.717) is 5.69 Å². The monoisotopic (exact) mass is 214 g/mol. The lowest BCUT2D eigenvalue weighted by Gasteiger charge is -2.13. The molecule has 0 radical (unpaired) electrons. The van der Waals surface area contributed by atoms with Gasteiger partial charge in [-0.2, -0.15) is 0 Å². The summed E-state index contributed by atoms with van der Waals surface area (Å²) in [6.45, 7) is 0. The van der Waals surface area contributed by atoms with Crippen LogP contribution < -0.4 is 4.72 Å². The Bertz CT molecular complexity index is 479. The molecule has 0 aliphatic carbocycles. The van der Waals surface area contributed by atoms with Gasteiger partial charge in [0.05, 0.1) is 5.69 Å². The van der Waals surface area contributed by atoms with E-state index in [0.717, 1.165) is 0 Å². The van der Waals surface area contributed by atoms with E-state index >= 15 is 0 Å². The van der Waals surface area contributed by atoms with Crippen molar-refractivity contribution in [3.05, 3.63) is 24.3 Å². The number of fused-ring (bicyclic) bond motifs is 1. The standard InChI is InChI=1S/C7H6N2O2S2/c10-13(11)6-4-2-1-3-5(6)8-7(12)9-13/h1-4H,(H2,8,9,12). The highest BCUT2D eigenvalue weighted by Crippen LogP contribution is 2.26. The minimum Gasteiger partial charge on any atom is -0.258 e. The lowest BCUT2D eigenvalue weighted by atomic mass is 10.3. The van der Waals surface area contributed by atoms with Gasteiger partial charge < -0.3 is 0 Å². The molecule has 0 amide bonds. The van der Waals surface area contributed by atoms with E-state index in [9.17, 15) is 8.42 Å². The molecule has 68 valence electrons. The molecule has 0 fully saturated rings. The summed E-state index contributed by atoms with van der Waals surface area (Å²) >= 11 is 3.86. The molecular weight excluding hydrogens is 208 g/mol. The van der Waals surface area contributed by atoms with Crippen molar-refractivity contribution < 1.29 is 8.42 Å². The second kappa shape index (κ2) is 2.74. The Balaban J connectivity index is 2.76. The van der Waals surface area contributed by atoms with Crippen LogP contribution in [0.2, 0.25) is 0 Å². The quantitative estimate of drug-likeness (QED) is 0.630. The van der Waals surface area contributed by atoms with Gasteiger partial charge in [0.2, 0.25) is 0 Å². The summed E-state index contributed by atoms with van der Waals surface area (Å²) in [5, 5.41) is 0.0960. The van der Waals surface area contributed by atoms with Crippen LogP contribution >= 0.6 is 12.6 Å². The molecule has 0 aromatic heterocycles. The molecule has 0 saturated heterocycles. The molecule has 13 heavy (non-hydrogen) atoms. The third-order valence-electron chi connectivity index (χ3n) is 1.61. The average Bonchev–Trinajstić information content (AvgIpc) is 2.02. The van der Waals surface area contributed by atoms with Crippen LogP contribution in [0.4, 0.5) is 5.69 Å². The van der Waals surface area contributed by atoms with Gasteiger partial charge in [0.25, 0.3) is 10.0 Å². The van der Waals surface area contributed by atoms with Crippen molar-refractivity contribution in [1.82, 2.24) is 4.72 Å². The third kappa shape index (κ3) is 1.42. The first-order valence-electron chi connectivity index (χ1n) is 3.49. The van der Waals surface area contributed by atoms with Crippen LogP contribution in [-0.4, -0.2) is 13.6 Å². The molecule has 1 heterocycles. The van der Waals surface area contributed by atoms with E-state index in [-0.39, 0.29) is 10.1 Å². The summed E-state index contributed by atoms with van der Waals surface area (Å²) in [5.41, 5.74) is 0.422. The summed E-state index contributed by atoms with van der Waals surface area (Å²) in [6, 6.07) is 6.51. The van der Waals surface area contributed by atoms with Crippen molar-refractivity contribution in [2.45, 2.75) is 4.90 Å². The Labute approximate surface area is 81.2 Å². The van der Waals surface area contributed by atoms with Crippen LogP contribution in [0.3, 0.4) is 0 Å². The van der Waals surface area contributed by atoms with Gasteiger partial charge in [0.1, 0.15) is 4.90 Å². The minimum absolute atomic E-state index is 0.0960. The highest BCUT2D eigenvalue weighted by atomic mass is 32.2. The maximum absolute atomic E-state index is 11.4. The lowest BCUT2D eigenvalue weighted by molar-refractivity contribution is 0.592.